The van der Waals surface area contributed by atoms with Crippen molar-refractivity contribution in [2.45, 2.75) is 65.2 Å². The number of pyridine rings is 2. The van der Waals surface area contributed by atoms with Gasteiger partial charge in [0.05, 0.1) is 11.4 Å². The molecule has 0 saturated carbocycles. The highest BCUT2D eigenvalue weighted by Crippen LogP contribution is 2.19. The first-order chi connectivity index (χ1) is 14.5. The molecule has 30 heavy (non-hydrogen) atoms. The molecule has 0 unspecified atom stereocenters. The van der Waals surface area contributed by atoms with E-state index in [2.05, 4.69) is 34.2 Å². The average Bonchev–Trinajstić information content (AvgIpc) is 2.73. The largest absolute Gasteiger partial charge is 0.288 e. The fourth-order valence-electron chi connectivity index (χ4n) is 3.19. The fourth-order valence-corrected chi connectivity index (χ4v) is 4.46. The molecule has 0 aliphatic carbocycles. The van der Waals surface area contributed by atoms with E-state index in [-0.39, 0.29) is 10.2 Å². The van der Waals surface area contributed by atoms with Gasteiger partial charge in [0.1, 0.15) is 0 Å². The second-order valence-corrected chi connectivity index (χ2v) is 9.94. The molecule has 0 N–H and O–H groups in total. The van der Waals surface area contributed by atoms with Crippen molar-refractivity contribution >= 4 is 33.8 Å². The Bertz CT molecular complexity index is 744. The monoisotopic (exact) mass is 444 g/mol. The van der Waals surface area contributed by atoms with Gasteiger partial charge in [-0.15, -0.1) is 0 Å². The highest BCUT2D eigenvalue weighted by Gasteiger charge is 2.05. The number of aryl methyl sites for hydroxylation is 2. The van der Waals surface area contributed by atoms with Crippen molar-refractivity contribution in [3.8, 4) is 11.4 Å². The Morgan fingerprint density at radius 2 is 1.13 bits per heavy atom. The van der Waals surface area contributed by atoms with Crippen LogP contribution in [0.4, 0.5) is 0 Å². The van der Waals surface area contributed by atoms with E-state index in [0.29, 0.717) is 0 Å². The minimum atomic E-state index is 0.204. The van der Waals surface area contributed by atoms with E-state index < -0.39 is 0 Å². The first-order valence-corrected chi connectivity index (χ1v) is 12.7. The van der Waals surface area contributed by atoms with Gasteiger partial charge in [0.2, 0.25) is 0 Å². The van der Waals surface area contributed by atoms with Gasteiger partial charge in [-0.2, -0.15) is 0 Å². The Morgan fingerprint density at radius 3 is 1.53 bits per heavy atom. The summed E-state index contributed by atoms with van der Waals surface area (Å²) in [4.78, 5) is 31.0. The van der Waals surface area contributed by atoms with Crippen LogP contribution in [0.5, 0.6) is 0 Å². The maximum atomic E-state index is 11.0. The van der Waals surface area contributed by atoms with Gasteiger partial charge in [-0.3, -0.25) is 19.6 Å². The third-order valence-electron chi connectivity index (χ3n) is 4.74. The third-order valence-corrected chi connectivity index (χ3v) is 6.54. The molecule has 0 radical (unpaired) electrons. The van der Waals surface area contributed by atoms with Crippen LogP contribution in [0.2, 0.25) is 0 Å². The van der Waals surface area contributed by atoms with E-state index in [4.69, 9.17) is 0 Å². The van der Waals surface area contributed by atoms with Gasteiger partial charge >= 0.3 is 0 Å². The molecule has 2 aromatic heterocycles. The number of carbonyl (C=O) groups is 2. The number of nitrogens with zero attached hydrogens (tertiary/aromatic N) is 2. The summed E-state index contributed by atoms with van der Waals surface area (Å²) in [5.74, 6) is 1.84. The van der Waals surface area contributed by atoms with Crippen LogP contribution in [-0.4, -0.2) is 31.7 Å². The van der Waals surface area contributed by atoms with Crippen LogP contribution in [0.3, 0.4) is 0 Å². The maximum absolute atomic E-state index is 11.0. The van der Waals surface area contributed by atoms with Gasteiger partial charge in [0.15, 0.2) is 10.2 Å². The summed E-state index contributed by atoms with van der Waals surface area (Å²) in [6, 6.07) is 8.46. The minimum Gasteiger partial charge on any atom is -0.288 e. The molecule has 162 valence electrons. The number of aromatic nitrogens is 2. The molecule has 0 aliphatic rings. The fraction of sp³-hybridized carbons (Fsp3) is 0.500. The van der Waals surface area contributed by atoms with Crippen LogP contribution in [0.25, 0.3) is 11.4 Å². The molecule has 0 aromatic carbocycles. The van der Waals surface area contributed by atoms with E-state index >= 15 is 0 Å². The molecule has 6 heteroatoms. The molecule has 4 nitrogen and oxygen atoms in total. The van der Waals surface area contributed by atoms with Crippen LogP contribution in [0, 0.1) is 0 Å². The highest BCUT2D eigenvalue weighted by molar-refractivity contribution is 8.13. The van der Waals surface area contributed by atoms with Crippen molar-refractivity contribution in [3.05, 3.63) is 47.8 Å². The van der Waals surface area contributed by atoms with Gasteiger partial charge in [-0.05, 0) is 73.9 Å². The Labute approximate surface area is 189 Å². The standard InChI is InChI=1S/C24H32N2O2S2/c1-19(27)29-15-7-3-5-9-21-11-13-25-23(17-21)24-18-22(12-14-26-24)10-6-4-8-16-30-20(2)28/h11-14,17-18H,3-10,15-16H2,1-2H3. The Hall–Kier alpha value is -1.66. The summed E-state index contributed by atoms with van der Waals surface area (Å²) in [7, 11) is 0. The van der Waals surface area contributed by atoms with Crippen molar-refractivity contribution in [1.82, 2.24) is 9.97 Å². The van der Waals surface area contributed by atoms with Gasteiger partial charge in [0.25, 0.3) is 0 Å². The predicted octanol–water partition coefficient (Wildman–Crippen LogP) is 6.13. The zero-order chi connectivity index (χ0) is 21.6. The normalized spacial score (nSPS) is 10.9. The molecule has 0 fully saturated rings. The van der Waals surface area contributed by atoms with Gasteiger partial charge in [0, 0.05) is 37.7 Å². The topological polar surface area (TPSA) is 59.9 Å². The average molecular weight is 445 g/mol. The first kappa shape index (κ1) is 24.6. The zero-order valence-electron chi connectivity index (χ0n) is 18.1. The van der Waals surface area contributed by atoms with Crippen LogP contribution in [0.15, 0.2) is 36.7 Å². The number of rotatable bonds is 13. The summed E-state index contributed by atoms with van der Waals surface area (Å²) >= 11 is 2.83. The molecule has 0 aliphatic heterocycles. The smallest absolute Gasteiger partial charge is 0.185 e. The van der Waals surface area contributed by atoms with E-state index in [1.165, 1.54) is 34.7 Å². The molecular formula is C24H32N2O2S2. The third kappa shape index (κ3) is 10.4. The van der Waals surface area contributed by atoms with Crippen LogP contribution >= 0.6 is 23.5 Å². The van der Waals surface area contributed by atoms with E-state index in [0.717, 1.165) is 74.3 Å². The predicted molar refractivity (Wildman–Crippen MR) is 129 cm³/mol. The summed E-state index contributed by atoms with van der Waals surface area (Å²) in [6.45, 7) is 3.25. The molecule has 0 atom stereocenters. The summed E-state index contributed by atoms with van der Waals surface area (Å²) in [5, 5.41) is 0.408. The first-order valence-electron chi connectivity index (χ1n) is 10.7. The molecule has 2 rings (SSSR count). The molecule has 0 bridgehead atoms. The van der Waals surface area contributed by atoms with Crippen LogP contribution in [0.1, 0.15) is 63.5 Å². The SMILES string of the molecule is CC(=O)SCCCCCc1ccnc(-c2cc(CCCCCSC(C)=O)ccn2)c1. The molecular weight excluding hydrogens is 412 g/mol. The van der Waals surface area contributed by atoms with Crippen molar-refractivity contribution in [2.75, 3.05) is 11.5 Å². The van der Waals surface area contributed by atoms with Crippen molar-refractivity contribution in [1.29, 1.82) is 0 Å². The Balaban J connectivity index is 1.79. The Morgan fingerprint density at radius 1 is 0.700 bits per heavy atom. The summed E-state index contributed by atoms with van der Waals surface area (Å²) < 4.78 is 0. The quantitative estimate of drug-likeness (QED) is 0.346. The van der Waals surface area contributed by atoms with Crippen molar-refractivity contribution in [3.63, 3.8) is 0 Å². The second-order valence-electron chi connectivity index (χ2n) is 7.40. The van der Waals surface area contributed by atoms with Gasteiger partial charge in [-0.1, -0.05) is 36.4 Å². The number of hydrogen-bond donors (Lipinski definition) is 0. The number of thioether (sulfide) groups is 2. The van der Waals surface area contributed by atoms with E-state index in [9.17, 15) is 9.59 Å². The molecule has 2 aromatic rings. The lowest BCUT2D eigenvalue weighted by Crippen LogP contribution is -1.94. The lowest BCUT2D eigenvalue weighted by Gasteiger charge is -2.07. The van der Waals surface area contributed by atoms with E-state index in [1.54, 1.807) is 13.8 Å². The summed E-state index contributed by atoms with van der Waals surface area (Å²) in [6.07, 6.45) is 12.5. The van der Waals surface area contributed by atoms with Gasteiger partial charge in [-0.25, -0.2) is 0 Å². The lowest BCUT2D eigenvalue weighted by molar-refractivity contribution is -0.109. The molecule has 0 spiro atoms. The second kappa shape index (κ2) is 14.4. The number of carbonyl (C=O) groups excluding carboxylic acids is 2. The van der Waals surface area contributed by atoms with Crippen molar-refractivity contribution in [2.24, 2.45) is 0 Å². The lowest BCUT2D eigenvalue weighted by atomic mass is 10.0. The molecule has 2 heterocycles. The zero-order valence-corrected chi connectivity index (χ0v) is 19.7. The number of hydrogen-bond acceptors (Lipinski definition) is 6. The molecule has 0 saturated heterocycles. The van der Waals surface area contributed by atoms with Gasteiger partial charge < -0.3 is 0 Å². The van der Waals surface area contributed by atoms with E-state index in [1.807, 2.05) is 12.4 Å². The maximum Gasteiger partial charge on any atom is 0.185 e. The number of unbranched alkanes of at least 4 members (excludes halogenated alkanes) is 4. The van der Waals surface area contributed by atoms with Crippen LogP contribution < -0.4 is 0 Å². The van der Waals surface area contributed by atoms with Crippen LogP contribution in [-0.2, 0) is 22.4 Å². The minimum absolute atomic E-state index is 0.204. The summed E-state index contributed by atoms with van der Waals surface area (Å²) in [5.41, 5.74) is 4.43. The Kier molecular flexibility index (Phi) is 11.8. The van der Waals surface area contributed by atoms with Crippen molar-refractivity contribution < 1.29 is 9.59 Å². The highest BCUT2D eigenvalue weighted by atomic mass is 32.2. The molecule has 0 amide bonds.